The molecule has 0 spiro atoms. The lowest BCUT2D eigenvalue weighted by atomic mass is 10.2. The van der Waals surface area contributed by atoms with Gasteiger partial charge in [0.25, 0.3) is 0 Å². The maximum absolute atomic E-state index is 13.4. The second-order valence-corrected chi connectivity index (χ2v) is 5.92. The molecule has 0 aliphatic heterocycles. The van der Waals surface area contributed by atoms with Crippen molar-refractivity contribution < 1.29 is 4.39 Å². The summed E-state index contributed by atoms with van der Waals surface area (Å²) in [5.41, 5.74) is 0.591. The van der Waals surface area contributed by atoms with Gasteiger partial charge in [-0.05, 0) is 40.2 Å². The van der Waals surface area contributed by atoms with Crippen LogP contribution in [0.2, 0.25) is 5.02 Å². The molecule has 0 bridgehead atoms. The number of hydrogen-bond acceptors (Lipinski definition) is 2. The Morgan fingerprint density at radius 1 is 1.29 bits per heavy atom. The van der Waals surface area contributed by atoms with Crippen LogP contribution < -0.4 is 5.32 Å². The van der Waals surface area contributed by atoms with Crippen LogP contribution in [0.1, 0.15) is 10.4 Å². The van der Waals surface area contributed by atoms with E-state index in [1.807, 2.05) is 11.4 Å². The highest BCUT2D eigenvalue weighted by molar-refractivity contribution is 9.10. The van der Waals surface area contributed by atoms with Crippen molar-refractivity contribution >= 4 is 38.9 Å². The number of hydrogen-bond donors (Lipinski definition) is 1. The van der Waals surface area contributed by atoms with E-state index in [1.165, 1.54) is 10.9 Å². The van der Waals surface area contributed by atoms with Crippen molar-refractivity contribution in [3.63, 3.8) is 0 Å². The Balaban J connectivity index is 1.91. The van der Waals surface area contributed by atoms with Gasteiger partial charge in [-0.15, -0.1) is 11.3 Å². The van der Waals surface area contributed by atoms with E-state index in [4.69, 9.17) is 11.6 Å². The number of rotatable bonds is 4. The molecule has 2 rings (SSSR count). The molecule has 1 N–H and O–H groups in total. The molecular formula is C12H10BrClFNS. The summed E-state index contributed by atoms with van der Waals surface area (Å²) < 4.78 is 14.5. The highest BCUT2D eigenvalue weighted by atomic mass is 79.9. The van der Waals surface area contributed by atoms with Gasteiger partial charge in [-0.2, -0.15) is 0 Å². The average molecular weight is 335 g/mol. The first-order chi connectivity index (χ1) is 8.15. The molecule has 0 fully saturated rings. The molecule has 90 valence electrons. The highest BCUT2D eigenvalue weighted by Gasteiger charge is 2.03. The second-order valence-electron chi connectivity index (χ2n) is 3.57. The molecule has 1 aromatic carbocycles. The van der Waals surface area contributed by atoms with Gasteiger partial charge in [0.2, 0.25) is 0 Å². The maximum atomic E-state index is 13.4. The van der Waals surface area contributed by atoms with E-state index in [2.05, 4.69) is 21.2 Å². The molecule has 1 heterocycles. The summed E-state index contributed by atoms with van der Waals surface area (Å²) in [5, 5.41) is 5.77. The topological polar surface area (TPSA) is 12.0 Å². The van der Waals surface area contributed by atoms with Crippen molar-refractivity contribution in [3.05, 3.63) is 55.4 Å². The smallest absolute Gasteiger partial charge is 0.127 e. The van der Waals surface area contributed by atoms with Crippen LogP contribution in [-0.2, 0) is 13.1 Å². The van der Waals surface area contributed by atoms with Crippen LogP contribution >= 0.6 is 38.9 Å². The van der Waals surface area contributed by atoms with Gasteiger partial charge in [-0.3, -0.25) is 0 Å². The molecule has 0 aliphatic carbocycles. The summed E-state index contributed by atoms with van der Waals surface area (Å²) in [6.45, 7) is 1.20. The Hall–Kier alpha value is -0.420. The van der Waals surface area contributed by atoms with Gasteiger partial charge in [0.1, 0.15) is 5.82 Å². The molecule has 17 heavy (non-hydrogen) atoms. The van der Waals surface area contributed by atoms with Crippen molar-refractivity contribution in [3.8, 4) is 0 Å². The Morgan fingerprint density at radius 3 is 2.82 bits per heavy atom. The van der Waals surface area contributed by atoms with E-state index in [0.29, 0.717) is 17.1 Å². The lowest BCUT2D eigenvalue weighted by Gasteiger charge is -2.05. The number of benzene rings is 1. The molecular weight excluding hydrogens is 325 g/mol. The standard InChI is InChI=1S/C12H10BrClFNS/c13-9-4-11(17-7-9)6-16-5-8-3-10(14)1-2-12(8)15/h1-4,7,16H,5-6H2. The van der Waals surface area contributed by atoms with Crippen molar-refractivity contribution in [1.29, 1.82) is 0 Å². The molecule has 2 aromatic rings. The SMILES string of the molecule is Fc1ccc(Cl)cc1CNCc1cc(Br)cs1. The van der Waals surface area contributed by atoms with Crippen molar-refractivity contribution in [2.45, 2.75) is 13.1 Å². The Bertz CT molecular complexity index is 515. The van der Waals surface area contributed by atoms with Gasteiger partial charge in [-0.25, -0.2) is 4.39 Å². The van der Waals surface area contributed by atoms with E-state index in [1.54, 1.807) is 23.5 Å². The zero-order valence-electron chi connectivity index (χ0n) is 8.84. The molecule has 1 nitrogen and oxygen atoms in total. The third kappa shape index (κ3) is 3.78. The first-order valence-electron chi connectivity index (χ1n) is 5.03. The summed E-state index contributed by atoms with van der Waals surface area (Å²) in [6.07, 6.45) is 0. The van der Waals surface area contributed by atoms with E-state index in [-0.39, 0.29) is 5.82 Å². The van der Waals surface area contributed by atoms with Gasteiger partial charge in [0.15, 0.2) is 0 Å². The summed E-state index contributed by atoms with van der Waals surface area (Å²) in [7, 11) is 0. The van der Waals surface area contributed by atoms with Gasteiger partial charge >= 0.3 is 0 Å². The minimum Gasteiger partial charge on any atom is -0.308 e. The highest BCUT2D eigenvalue weighted by Crippen LogP contribution is 2.20. The Morgan fingerprint density at radius 2 is 2.12 bits per heavy atom. The van der Waals surface area contributed by atoms with E-state index in [0.717, 1.165) is 11.0 Å². The molecule has 0 atom stereocenters. The molecule has 0 saturated heterocycles. The van der Waals surface area contributed by atoms with Crippen LogP contribution in [0.25, 0.3) is 0 Å². The van der Waals surface area contributed by atoms with E-state index >= 15 is 0 Å². The Labute approximate surface area is 117 Å². The third-order valence-corrected chi connectivity index (χ3v) is 4.18. The first-order valence-corrected chi connectivity index (χ1v) is 7.08. The fourth-order valence-electron chi connectivity index (χ4n) is 1.45. The fourth-order valence-corrected chi connectivity index (χ4v) is 3.06. The molecule has 0 aliphatic rings. The average Bonchev–Trinajstić information content (AvgIpc) is 2.69. The summed E-state index contributed by atoms with van der Waals surface area (Å²) in [6, 6.07) is 6.64. The van der Waals surface area contributed by atoms with Crippen molar-refractivity contribution in [1.82, 2.24) is 5.32 Å². The molecule has 1 aromatic heterocycles. The van der Waals surface area contributed by atoms with Gasteiger partial charge in [0.05, 0.1) is 0 Å². The predicted octanol–water partition coefficient (Wildman–Crippen LogP) is 4.59. The zero-order valence-corrected chi connectivity index (χ0v) is 12.0. The fraction of sp³-hybridized carbons (Fsp3) is 0.167. The first kappa shape index (κ1) is 13.0. The molecule has 0 amide bonds. The molecule has 0 saturated carbocycles. The van der Waals surface area contributed by atoms with Crippen LogP contribution in [-0.4, -0.2) is 0 Å². The third-order valence-electron chi connectivity index (χ3n) is 2.24. The van der Waals surface area contributed by atoms with E-state index < -0.39 is 0 Å². The maximum Gasteiger partial charge on any atom is 0.127 e. The summed E-state index contributed by atoms with van der Waals surface area (Å²) >= 11 is 10.9. The van der Waals surface area contributed by atoms with Gasteiger partial charge < -0.3 is 5.32 Å². The molecule has 5 heteroatoms. The zero-order chi connectivity index (χ0) is 12.3. The minimum absolute atomic E-state index is 0.228. The lowest BCUT2D eigenvalue weighted by molar-refractivity contribution is 0.589. The van der Waals surface area contributed by atoms with Crippen LogP contribution in [0.15, 0.2) is 34.1 Å². The van der Waals surface area contributed by atoms with Crippen LogP contribution in [0.5, 0.6) is 0 Å². The van der Waals surface area contributed by atoms with Crippen LogP contribution in [0.3, 0.4) is 0 Å². The quantitative estimate of drug-likeness (QED) is 0.862. The van der Waals surface area contributed by atoms with Gasteiger partial charge in [-0.1, -0.05) is 11.6 Å². The molecule has 0 unspecified atom stereocenters. The summed E-state index contributed by atoms with van der Waals surface area (Å²) in [5.74, 6) is -0.228. The predicted molar refractivity (Wildman–Crippen MR) is 74.0 cm³/mol. The summed E-state index contributed by atoms with van der Waals surface area (Å²) in [4.78, 5) is 1.21. The van der Waals surface area contributed by atoms with E-state index in [9.17, 15) is 4.39 Å². The van der Waals surface area contributed by atoms with Gasteiger partial charge in [0, 0.05) is 38.4 Å². The van der Waals surface area contributed by atoms with Crippen LogP contribution in [0, 0.1) is 5.82 Å². The van der Waals surface area contributed by atoms with Crippen LogP contribution in [0.4, 0.5) is 4.39 Å². The Kier molecular flexibility index (Phi) is 4.56. The van der Waals surface area contributed by atoms with Crippen molar-refractivity contribution in [2.24, 2.45) is 0 Å². The second kappa shape index (κ2) is 5.96. The normalized spacial score (nSPS) is 10.8. The van der Waals surface area contributed by atoms with Crippen molar-refractivity contribution in [2.75, 3.05) is 0 Å². The number of halogens is 3. The lowest BCUT2D eigenvalue weighted by Crippen LogP contribution is -2.12. The number of nitrogens with one attached hydrogen (secondary N) is 1. The molecule has 0 radical (unpaired) electrons. The monoisotopic (exact) mass is 333 g/mol. The minimum atomic E-state index is -0.228. The largest absolute Gasteiger partial charge is 0.308 e. The number of thiophene rings is 1.